The SMILES string of the molecule is C=C/C(=N\OC)OC[C@H]1CN(c2ccc(-c3ccc(N(C)CCOC=O)nc3)cc2)C(=O)O1. The summed E-state index contributed by atoms with van der Waals surface area (Å²) >= 11 is 0. The number of nitrogens with zero attached hydrogens (tertiary/aromatic N) is 4. The van der Waals surface area contributed by atoms with Crippen LogP contribution >= 0.6 is 0 Å². The summed E-state index contributed by atoms with van der Waals surface area (Å²) in [4.78, 5) is 35.1. The van der Waals surface area contributed by atoms with Crippen LogP contribution < -0.4 is 9.80 Å². The Kier molecular flexibility index (Phi) is 8.23. The summed E-state index contributed by atoms with van der Waals surface area (Å²) in [6.07, 6.45) is 2.31. The monoisotopic (exact) mass is 454 g/mol. The average molecular weight is 454 g/mol. The van der Waals surface area contributed by atoms with E-state index in [9.17, 15) is 9.59 Å². The fourth-order valence-corrected chi connectivity index (χ4v) is 3.18. The van der Waals surface area contributed by atoms with Crippen LogP contribution in [0.15, 0.2) is 60.4 Å². The second kappa shape index (κ2) is 11.5. The molecule has 1 amide bonds. The van der Waals surface area contributed by atoms with Crippen molar-refractivity contribution in [3.8, 4) is 11.1 Å². The predicted octanol–water partition coefficient (Wildman–Crippen LogP) is 2.85. The number of carbonyl (C=O) groups is 2. The van der Waals surface area contributed by atoms with Gasteiger partial charge in [0, 0.05) is 24.5 Å². The van der Waals surface area contributed by atoms with Gasteiger partial charge >= 0.3 is 6.09 Å². The van der Waals surface area contributed by atoms with Crippen molar-refractivity contribution >= 4 is 30.0 Å². The summed E-state index contributed by atoms with van der Waals surface area (Å²) in [6.45, 7) is 5.36. The van der Waals surface area contributed by atoms with Crippen LogP contribution in [0.5, 0.6) is 0 Å². The number of amides is 1. The zero-order valence-electron chi connectivity index (χ0n) is 18.5. The Morgan fingerprint density at radius 1 is 1.30 bits per heavy atom. The van der Waals surface area contributed by atoms with Crippen LogP contribution in [0.2, 0.25) is 0 Å². The molecule has 1 aliphatic heterocycles. The number of hydrogen-bond donors (Lipinski definition) is 0. The Balaban J connectivity index is 1.59. The minimum absolute atomic E-state index is 0.141. The molecule has 10 heteroatoms. The largest absolute Gasteiger partial charge is 0.472 e. The number of aromatic nitrogens is 1. The summed E-state index contributed by atoms with van der Waals surface area (Å²) in [7, 11) is 3.28. The Bertz CT molecular complexity index is 977. The highest BCUT2D eigenvalue weighted by Gasteiger charge is 2.33. The van der Waals surface area contributed by atoms with Crippen molar-refractivity contribution in [2.75, 3.05) is 50.3 Å². The summed E-state index contributed by atoms with van der Waals surface area (Å²) in [5.74, 6) is 0.990. The van der Waals surface area contributed by atoms with Gasteiger partial charge in [0.15, 0.2) is 6.10 Å². The van der Waals surface area contributed by atoms with E-state index in [4.69, 9.17) is 14.2 Å². The number of hydrogen-bond acceptors (Lipinski definition) is 9. The maximum Gasteiger partial charge on any atom is 0.414 e. The Labute approximate surface area is 192 Å². The van der Waals surface area contributed by atoms with E-state index in [1.165, 1.54) is 13.2 Å². The van der Waals surface area contributed by atoms with Gasteiger partial charge in [-0.15, -0.1) is 0 Å². The lowest BCUT2D eigenvalue weighted by Crippen LogP contribution is -2.26. The van der Waals surface area contributed by atoms with Gasteiger partial charge < -0.3 is 23.9 Å². The molecule has 0 aliphatic carbocycles. The molecule has 1 aromatic carbocycles. The number of benzene rings is 1. The zero-order chi connectivity index (χ0) is 23.6. The molecule has 0 bridgehead atoms. The lowest BCUT2D eigenvalue weighted by Gasteiger charge is -2.17. The number of anilines is 2. The minimum Gasteiger partial charge on any atom is -0.472 e. The van der Waals surface area contributed by atoms with Gasteiger partial charge in [0.2, 0.25) is 5.90 Å². The summed E-state index contributed by atoms with van der Waals surface area (Å²) in [6, 6.07) is 11.4. The maximum atomic E-state index is 12.3. The summed E-state index contributed by atoms with van der Waals surface area (Å²) < 4.78 is 15.5. The molecule has 1 atom stereocenters. The normalized spacial score (nSPS) is 15.6. The van der Waals surface area contributed by atoms with E-state index >= 15 is 0 Å². The average Bonchev–Trinajstić information content (AvgIpc) is 3.22. The molecule has 0 unspecified atom stereocenters. The molecule has 2 heterocycles. The molecule has 1 aliphatic rings. The zero-order valence-corrected chi connectivity index (χ0v) is 18.5. The standard InChI is InChI=1S/C23H26N4O6/c1-4-22(25-30-3)32-15-20-14-27(23(29)33-20)19-8-5-17(6-9-19)18-7-10-21(24-13-18)26(2)11-12-31-16-28/h4-10,13,16,20H,1,11-12,14-15H2,2-3H3/b25-22+/t20-/m1/s1. The van der Waals surface area contributed by atoms with E-state index in [1.54, 1.807) is 11.1 Å². The highest BCUT2D eigenvalue weighted by Crippen LogP contribution is 2.26. The van der Waals surface area contributed by atoms with Gasteiger partial charge in [0.05, 0.1) is 13.1 Å². The van der Waals surface area contributed by atoms with Gasteiger partial charge in [-0.25, -0.2) is 9.78 Å². The third-order valence-electron chi connectivity index (χ3n) is 4.91. The molecule has 0 spiro atoms. The fraction of sp³-hybridized carbons (Fsp3) is 0.304. The predicted molar refractivity (Wildman–Crippen MR) is 123 cm³/mol. The van der Waals surface area contributed by atoms with Crippen molar-refractivity contribution in [2.24, 2.45) is 5.16 Å². The fourth-order valence-electron chi connectivity index (χ4n) is 3.18. The van der Waals surface area contributed by atoms with Gasteiger partial charge in [0.1, 0.15) is 26.1 Å². The van der Waals surface area contributed by atoms with Crippen molar-refractivity contribution in [3.05, 3.63) is 55.3 Å². The van der Waals surface area contributed by atoms with Crippen LogP contribution in [-0.2, 0) is 23.8 Å². The highest BCUT2D eigenvalue weighted by atomic mass is 16.6. The molecular weight excluding hydrogens is 428 g/mol. The highest BCUT2D eigenvalue weighted by molar-refractivity contribution is 5.90. The van der Waals surface area contributed by atoms with Crippen LogP contribution in [0.4, 0.5) is 16.3 Å². The van der Waals surface area contributed by atoms with Crippen molar-refractivity contribution in [3.63, 3.8) is 0 Å². The smallest absolute Gasteiger partial charge is 0.414 e. The van der Waals surface area contributed by atoms with Crippen molar-refractivity contribution in [2.45, 2.75) is 6.10 Å². The van der Waals surface area contributed by atoms with Crippen LogP contribution in [0, 0.1) is 0 Å². The first-order valence-corrected chi connectivity index (χ1v) is 10.2. The van der Waals surface area contributed by atoms with E-state index in [0.29, 0.717) is 26.2 Å². The van der Waals surface area contributed by atoms with E-state index in [2.05, 4.69) is 21.6 Å². The second-order valence-corrected chi connectivity index (χ2v) is 7.08. The Morgan fingerprint density at radius 2 is 2.06 bits per heavy atom. The molecule has 0 radical (unpaired) electrons. The van der Waals surface area contributed by atoms with Gasteiger partial charge in [0.25, 0.3) is 6.47 Å². The summed E-state index contributed by atoms with van der Waals surface area (Å²) in [5, 5.41) is 3.67. The Hall–Kier alpha value is -4.08. The molecule has 1 saturated heterocycles. The van der Waals surface area contributed by atoms with Gasteiger partial charge in [-0.3, -0.25) is 9.69 Å². The van der Waals surface area contributed by atoms with Gasteiger partial charge in [-0.05, 0) is 41.1 Å². The lowest BCUT2D eigenvalue weighted by molar-refractivity contribution is -0.128. The van der Waals surface area contributed by atoms with E-state index in [0.717, 1.165) is 22.6 Å². The molecule has 0 saturated carbocycles. The van der Waals surface area contributed by atoms with Crippen LogP contribution in [0.25, 0.3) is 11.1 Å². The number of ether oxygens (including phenoxy) is 3. The third-order valence-corrected chi connectivity index (χ3v) is 4.91. The molecule has 33 heavy (non-hydrogen) atoms. The summed E-state index contributed by atoms with van der Waals surface area (Å²) in [5.41, 5.74) is 2.62. The first-order chi connectivity index (χ1) is 16.0. The molecular formula is C23H26N4O6. The number of rotatable bonds is 11. The maximum absolute atomic E-state index is 12.3. The van der Waals surface area contributed by atoms with Gasteiger partial charge in [-0.2, -0.15) is 0 Å². The van der Waals surface area contributed by atoms with Crippen LogP contribution in [0.1, 0.15) is 0 Å². The topological polar surface area (TPSA) is 103 Å². The first kappa shape index (κ1) is 23.6. The lowest BCUT2D eigenvalue weighted by atomic mass is 10.1. The number of carbonyl (C=O) groups excluding carboxylic acids is 2. The molecule has 2 aromatic rings. The number of cyclic esters (lactones) is 1. The number of likely N-dealkylation sites (N-methyl/N-ethyl adjacent to an activating group) is 1. The van der Waals surface area contributed by atoms with Crippen molar-refractivity contribution in [1.82, 2.24) is 4.98 Å². The van der Waals surface area contributed by atoms with Crippen LogP contribution in [-0.4, -0.2) is 70.0 Å². The first-order valence-electron chi connectivity index (χ1n) is 10.2. The second-order valence-electron chi connectivity index (χ2n) is 7.08. The minimum atomic E-state index is -0.440. The molecule has 3 rings (SSSR count). The molecule has 10 nitrogen and oxygen atoms in total. The van der Waals surface area contributed by atoms with E-state index in [-0.39, 0.29) is 12.5 Å². The van der Waals surface area contributed by atoms with Crippen molar-refractivity contribution < 1.29 is 28.6 Å². The third kappa shape index (κ3) is 6.22. The van der Waals surface area contributed by atoms with E-state index < -0.39 is 12.2 Å². The van der Waals surface area contributed by atoms with Crippen LogP contribution in [0.3, 0.4) is 0 Å². The van der Waals surface area contributed by atoms with Gasteiger partial charge in [-0.1, -0.05) is 18.7 Å². The molecule has 0 N–H and O–H groups in total. The number of oxime groups is 1. The van der Waals surface area contributed by atoms with E-state index in [1.807, 2.05) is 48.3 Å². The molecule has 1 aromatic heterocycles. The molecule has 1 fully saturated rings. The Morgan fingerprint density at radius 3 is 2.70 bits per heavy atom. The molecule has 174 valence electrons. The van der Waals surface area contributed by atoms with Crippen molar-refractivity contribution in [1.29, 1.82) is 0 Å². The number of pyridine rings is 1. The quantitative estimate of drug-likeness (QED) is 0.168.